The average Bonchev–Trinajstić information content (AvgIpc) is 3.12. The summed E-state index contributed by atoms with van der Waals surface area (Å²) in [4.78, 5) is 13.0. The number of hydrazone groups is 1. The largest absolute Gasteiger partial charge is 0.490 e. The van der Waals surface area contributed by atoms with E-state index in [2.05, 4.69) is 5.10 Å². The van der Waals surface area contributed by atoms with Gasteiger partial charge >= 0.3 is 6.18 Å². The molecule has 0 bridgehead atoms. The monoisotopic (exact) mass is 480 g/mol. The van der Waals surface area contributed by atoms with Crippen LogP contribution in [0, 0.1) is 0 Å². The molecule has 0 aromatic heterocycles. The van der Waals surface area contributed by atoms with Crippen molar-refractivity contribution in [1.29, 1.82) is 0 Å². The lowest BCUT2D eigenvalue weighted by Gasteiger charge is -2.14. The third-order valence-electron chi connectivity index (χ3n) is 5.30. The molecule has 0 N–H and O–H groups in total. The smallest absolute Gasteiger partial charge is 0.416 e. The molecule has 0 spiro atoms. The summed E-state index contributed by atoms with van der Waals surface area (Å²) in [6.45, 7) is 4.29. The van der Waals surface area contributed by atoms with Gasteiger partial charge in [-0.3, -0.25) is 4.79 Å². The van der Waals surface area contributed by atoms with E-state index >= 15 is 0 Å². The predicted molar refractivity (Wildman–Crippen MR) is 128 cm³/mol. The van der Waals surface area contributed by atoms with Crippen LogP contribution in [0.1, 0.15) is 30.5 Å². The van der Waals surface area contributed by atoms with Gasteiger partial charge in [0.1, 0.15) is 6.61 Å². The van der Waals surface area contributed by atoms with E-state index in [0.29, 0.717) is 36.0 Å². The van der Waals surface area contributed by atoms with E-state index in [1.54, 1.807) is 31.2 Å². The highest BCUT2D eigenvalue weighted by Crippen LogP contribution is 2.34. The fourth-order valence-electron chi connectivity index (χ4n) is 3.58. The maximum atomic E-state index is 13.1. The number of amides is 1. The first-order valence-corrected chi connectivity index (χ1v) is 11.0. The van der Waals surface area contributed by atoms with Gasteiger partial charge in [0.05, 0.1) is 29.1 Å². The van der Waals surface area contributed by atoms with Crippen molar-refractivity contribution in [3.05, 3.63) is 95.1 Å². The predicted octanol–water partition coefficient (Wildman–Crippen LogP) is 6.49. The Kier molecular flexibility index (Phi) is 6.91. The van der Waals surface area contributed by atoms with E-state index in [9.17, 15) is 18.0 Å². The third kappa shape index (κ3) is 5.54. The molecule has 0 saturated carbocycles. The number of nitrogens with zero attached hydrogens (tertiary/aromatic N) is 2. The molecule has 3 aromatic carbocycles. The first-order valence-electron chi connectivity index (χ1n) is 11.0. The topological polar surface area (TPSA) is 51.1 Å². The van der Waals surface area contributed by atoms with Gasteiger partial charge < -0.3 is 9.47 Å². The molecule has 0 aliphatic carbocycles. The second kappa shape index (κ2) is 10.0. The van der Waals surface area contributed by atoms with Gasteiger partial charge in [0.25, 0.3) is 5.91 Å². The highest BCUT2D eigenvalue weighted by atomic mass is 19.4. The lowest BCUT2D eigenvalue weighted by Crippen LogP contribution is -2.21. The van der Waals surface area contributed by atoms with Gasteiger partial charge in [0.15, 0.2) is 11.5 Å². The number of benzene rings is 3. The SMILES string of the molecule is CCOc1cc(/C=C2/C(=O)N(c3cccc(C(F)(F)F)c3)N=C2C)ccc1OCc1ccccc1. The van der Waals surface area contributed by atoms with E-state index in [1.165, 1.54) is 12.1 Å². The second-order valence-corrected chi connectivity index (χ2v) is 7.82. The van der Waals surface area contributed by atoms with Gasteiger partial charge in [-0.05, 0) is 61.4 Å². The van der Waals surface area contributed by atoms with E-state index < -0.39 is 17.6 Å². The summed E-state index contributed by atoms with van der Waals surface area (Å²) < 4.78 is 51.0. The number of hydrogen-bond donors (Lipinski definition) is 0. The Hall–Kier alpha value is -4.07. The Morgan fingerprint density at radius 1 is 0.943 bits per heavy atom. The molecule has 5 nitrogen and oxygen atoms in total. The van der Waals surface area contributed by atoms with E-state index in [4.69, 9.17) is 9.47 Å². The minimum atomic E-state index is -4.52. The van der Waals surface area contributed by atoms with Crippen molar-refractivity contribution in [2.24, 2.45) is 5.10 Å². The van der Waals surface area contributed by atoms with Crippen molar-refractivity contribution in [3.63, 3.8) is 0 Å². The summed E-state index contributed by atoms with van der Waals surface area (Å²) in [5, 5.41) is 5.17. The molecule has 1 aliphatic rings. The third-order valence-corrected chi connectivity index (χ3v) is 5.30. The summed E-state index contributed by atoms with van der Waals surface area (Å²) in [7, 11) is 0. The standard InChI is InChI=1S/C27H23F3N2O3/c1-3-34-25-15-20(12-13-24(25)35-17-19-8-5-4-6-9-19)14-23-18(2)31-32(26(23)33)22-11-7-10-21(16-22)27(28,29)30/h4-16H,3,17H2,1-2H3/b23-14+. The summed E-state index contributed by atoms with van der Waals surface area (Å²) in [6, 6.07) is 19.5. The Balaban J connectivity index is 1.57. The van der Waals surface area contributed by atoms with Gasteiger partial charge in [0.2, 0.25) is 0 Å². The lowest BCUT2D eigenvalue weighted by molar-refractivity contribution is -0.137. The van der Waals surface area contributed by atoms with Crippen LogP contribution in [-0.2, 0) is 17.6 Å². The number of rotatable bonds is 7. The van der Waals surface area contributed by atoms with Crippen LogP contribution in [0.25, 0.3) is 6.08 Å². The summed E-state index contributed by atoms with van der Waals surface area (Å²) in [6.07, 6.45) is -2.88. The molecule has 0 radical (unpaired) electrons. The van der Waals surface area contributed by atoms with Gasteiger partial charge in [-0.25, -0.2) is 0 Å². The molecule has 0 atom stereocenters. The molecular weight excluding hydrogens is 457 g/mol. The fourth-order valence-corrected chi connectivity index (χ4v) is 3.58. The molecule has 1 aliphatic heterocycles. The molecule has 0 unspecified atom stereocenters. The van der Waals surface area contributed by atoms with Crippen molar-refractivity contribution in [2.75, 3.05) is 11.6 Å². The van der Waals surface area contributed by atoms with Crippen LogP contribution in [0.15, 0.2) is 83.5 Å². The number of halogens is 3. The number of alkyl halides is 3. The van der Waals surface area contributed by atoms with Crippen molar-refractivity contribution < 1.29 is 27.4 Å². The molecule has 3 aromatic rings. The first-order chi connectivity index (χ1) is 16.8. The molecule has 0 saturated heterocycles. The number of anilines is 1. The summed E-state index contributed by atoms with van der Waals surface area (Å²) in [5.41, 5.74) is 1.56. The average molecular weight is 480 g/mol. The number of carbonyl (C=O) groups excluding carboxylic acids is 1. The van der Waals surface area contributed by atoms with E-state index in [0.717, 1.165) is 22.7 Å². The van der Waals surface area contributed by atoms with Crippen molar-refractivity contribution in [2.45, 2.75) is 26.6 Å². The Morgan fingerprint density at radius 3 is 2.43 bits per heavy atom. The maximum Gasteiger partial charge on any atom is 0.416 e. The Bertz CT molecular complexity index is 1280. The molecule has 35 heavy (non-hydrogen) atoms. The molecule has 4 rings (SSSR count). The van der Waals surface area contributed by atoms with Gasteiger partial charge in [-0.2, -0.15) is 23.3 Å². The van der Waals surface area contributed by atoms with Crippen molar-refractivity contribution >= 4 is 23.4 Å². The molecule has 180 valence electrons. The Morgan fingerprint density at radius 2 is 1.71 bits per heavy atom. The summed E-state index contributed by atoms with van der Waals surface area (Å²) in [5.74, 6) is 0.573. The van der Waals surface area contributed by atoms with Gasteiger partial charge in [0, 0.05) is 0 Å². The van der Waals surface area contributed by atoms with Crippen LogP contribution in [0.5, 0.6) is 11.5 Å². The minimum absolute atomic E-state index is 0.0484. The van der Waals surface area contributed by atoms with Gasteiger partial charge in [-0.15, -0.1) is 0 Å². The van der Waals surface area contributed by atoms with Crippen LogP contribution < -0.4 is 14.5 Å². The number of hydrogen-bond acceptors (Lipinski definition) is 4. The quantitative estimate of drug-likeness (QED) is 0.363. The number of carbonyl (C=O) groups is 1. The van der Waals surface area contributed by atoms with Crippen LogP contribution in [0.4, 0.5) is 18.9 Å². The molecular formula is C27H23F3N2O3. The molecule has 1 heterocycles. The summed E-state index contributed by atoms with van der Waals surface area (Å²) >= 11 is 0. The maximum absolute atomic E-state index is 13.1. The Labute approximate surface area is 201 Å². The van der Waals surface area contributed by atoms with Crippen LogP contribution in [0.2, 0.25) is 0 Å². The normalized spacial score (nSPS) is 14.9. The molecule has 8 heteroatoms. The fraction of sp³-hybridized carbons (Fsp3) is 0.185. The van der Waals surface area contributed by atoms with Crippen LogP contribution >= 0.6 is 0 Å². The number of ether oxygens (including phenoxy) is 2. The first kappa shape index (κ1) is 24.1. The van der Waals surface area contributed by atoms with Crippen molar-refractivity contribution in [1.82, 2.24) is 0 Å². The minimum Gasteiger partial charge on any atom is -0.490 e. The zero-order chi connectivity index (χ0) is 25.0. The second-order valence-electron chi connectivity index (χ2n) is 7.82. The highest BCUT2D eigenvalue weighted by molar-refractivity contribution is 6.32. The van der Waals surface area contributed by atoms with E-state index in [1.807, 2.05) is 37.3 Å². The zero-order valence-corrected chi connectivity index (χ0v) is 19.2. The van der Waals surface area contributed by atoms with Crippen LogP contribution in [-0.4, -0.2) is 18.2 Å². The van der Waals surface area contributed by atoms with Crippen LogP contribution in [0.3, 0.4) is 0 Å². The zero-order valence-electron chi connectivity index (χ0n) is 19.2. The van der Waals surface area contributed by atoms with E-state index in [-0.39, 0.29) is 11.3 Å². The lowest BCUT2D eigenvalue weighted by atomic mass is 10.1. The van der Waals surface area contributed by atoms with Crippen molar-refractivity contribution in [3.8, 4) is 11.5 Å². The molecule has 1 amide bonds. The van der Waals surface area contributed by atoms with Gasteiger partial charge in [-0.1, -0.05) is 42.5 Å². The molecule has 0 fully saturated rings. The highest BCUT2D eigenvalue weighted by Gasteiger charge is 2.33.